The first kappa shape index (κ1) is 8.81. The molecule has 0 unspecified atom stereocenters. The van der Waals surface area contributed by atoms with Gasteiger partial charge in [0.15, 0.2) is 0 Å². The first-order chi connectivity index (χ1) is 5.83. The van der Waals surface area contributed by atoms with E-state index in [9.17, 15) is 0 Å². The topological polar surface area (TPSA) is 32.6 Å². The van der Waals surface area contributed by atoms with Gasteiger partial charge in [0.25, 0.3) is 0 Å². The third-order valence-corrected chi connectivity index (χ3v) is 1.53. The lowest BCUT2D eigenvalue weighted by Gasteiger charge is -1.91. The number of oxime groups is 1. The van der Waals surface area contributed by atoms with Gasteiger partial charge in [-0.2, -0.15) is 0 Å². The van der Waals surface area contributed by atoms with Gasteiger partial charge in [0.2, 0.25) is 0 Å². The van der Waals surface area contributed by atoms with Gasteiger partial charge < -0.3 is 5.21 Å². The molecule has 3 heteroatoms. The predicted molar refractivity (Wildman–Crippen MR) is 50.8 cm³/mol. The van der Waals surface area contributed by atoms with E-state index < -0.39 is 0 Å². The molecular weight excluding hydrogens is 174 g/mol. The van der Waals surface area contributed by atoms with E-state index >= 15 is 0 Å². The number of nitrogens with zero attached hydrogens (tertiary/aromatic N) is 1. The van der Waals surface area contributed by atoms with E-state index in [1.165, 1.54) is 6.21 Å². The number of allylic oxidation sites excluding steroid dienone is 1. The number of halogens is 1. The Labute approximate surface area is 75.8 Å². The van der Waals surface area contributed by atoms with E-state index in [0.29, 0.717) is 5.02 Å². The zero-order chi connectivity index (χ0) is 8.81. The predicted octanol–water partition coefficient (Wildman–Crippen LogP) is 2.81. The van der Waals surface area contributed by atoms with E-state index in [4.69, 9.17) is 16.8 Å². The minimum atomic E-state index is 0.693. The minimum Gasteiger partial charge on any atom is -0.411 e. The van der Waals surface area contributed by atoms with Crippen molar-refractivity contribution in [2.24, 2.45) is 5.16 Å². The Morgan fingerprint density at radius 3 is 2.92 bits per heavy atom. The molecule has 62 valence electrons. The maximum atomic E-state index is 8.09. The fraction of sp³-hybridized carbons (Fsp3) is 0. The molecule has 0 aliphatic carbocycles. The lowest BCUT2D eigenvalue weighted by molar-refractivity contribution is 0.322. The molecule has 0 saturated carbocycles. The molecule has 0 aliphatic rings. The van der Waals surface area contributed by atoms with Crippen LogP contribution in [-0.4, -0.2) is 11.4 Å². The fourth-order valence-electron chi connectivity index (χ4n) is 0.803. The molecule has 1 aromatic rings. The Bertz CT molecular complexity index is 307. The van der Waals surface area contributed by atoms with Gasteiger partial charge in [0.1, 0.15) is 0 Å². The molecule has 1 rings (SSSR count). The van der Waals surface area contributed by atoms with Crippen LogP contribution in [0.2, 0.25) is 5.02 Å². The molecule has 0 fully saturated rings. The van der Waals surface area contributed by atoms with Crippen molar-refractivity contribution in [2.45, 2.75) is 0 Å². The maximum absolute atomic E-state index is 8.09. The quantitative estimate of drug-likeness (QED) is 0.425. The molecule has 0 saturated heterocycles. The van der Waals surface area contributed by atoms with Gasteiger partial charge in [-0.1, -0.05) is 35.0 Å². The second-order valence-corrected chi connectivity index (χ2v) is 2.62. The SMILES string of the molecule is ON=CC=Cc1cccc(Cl)c1. The second kappa shape index (κ2) is 4.57. The van der Waals surface area contributed by atoms with Gasteiger partial charge in [0.05, 0.1) is 6.21 Å². The number of benzene rings is 1. The van der Waals surface area contributed by atoms with Crippen molar-refractivity contribution in [3.63, 3.8) is 0 Å². The van der Waals surface area contributed by atoms with Crippen molar-refractivity contribution in [1.82, 2.24) is 0 Å². The lowest BCUT2D eigenvalue weighted by Crippen LogP contribution is -1.71. The fourth-order valence-corrected chi connectivity index (χ4v) is 1.00. The molecule has 1 aromatic carbocycles. The van der Waals surface area contributed by atoms with E-state index in [1.54, 1.807) is 18.2 Å². The summed E-state index contributed by atoms with van der Waals surface area (Å²) in [4.78, 5) is 0. The first-order valence-corrected chi connectivity index (χ1v) is 3.80. The first-order valence-electron chi connectivity index (χ1n) is 3.42. The van der Waals surface area contributed by atoms with Crippen LogP contribution in [0.25, 0.3) is 6.08 Å². The Kier molecular flexibility index (Phi) is 3.35. The summed E-state index contributed by atoms with van der Waals surface area (Å²) in [7, 11) is 0. The van der Waals surface area contributed by atoms with Gasteiger partial charge >= 0.3 is 0 Å². The molecule has 0 amide bonds. The maximum Gasteiger partial charge on any atom is 0.0661 e. The summed E-state index contributed by atoms with van der Waals surface area (Å²) >= 11 is 5.74. The Morgan fingerprint density at radius 2 is 2.25 bits per heavy atom. The standard InChI is InChI=1S/C9H8ClNO/c10-9-5-1-3-8(7-9)4-2-6-11-12/h1-7,12H. The van der Waals surface area contributed by atoms with Gasteiger partial charge in [-0.25, -0.2) is 0 Å². The molecule has 0 spiro atoms. The van der Waals surface area contributed by atoms with Crippen molar-refractivity contribution >= 4 is 23.9 Å². The van der Waals surface area contributed by atoms with Crippen molar-refractivity contribution in [3.05, 3.63) is 40.9 Å². The second-order valence-electron chi connectivity index (χ2n) is 2.18. The molecule has 1 N–H and O–H groups in total. The summed E-state index contributed by atoms with van der Waals surface area (Å²) in [5, 5.41) is 11.6. The summed E-state index contributed by atoms with van der Waals surface area (Å²) in [6.07, 6.45) is 4.72. The summed E-state index contributed by atoms with van der Waals surface area (Å²) < 4.78 is 0. The summed E-state index contributed by atoms with van der Waals surface area (Å²) in [5.74, 6) is 0. The number of rotatable bonds is 2. The average molecular weight is 182 g/mol. The summed E-state index contributed by atoms with van der Waals surface area (Å²) in [6.45, 7) is 0. The molecule has 0 aromatic heterocycles. The monoisotopic (exact) mass is 181 g/mol. The molecule has 0 heterocycles. The summed E-state index contributed by atoms with van der Waals surface area (Å²) in [6, 6.07) is 7.40. The Hall–Kier alpha value is -1.28. The molecule has 0 atom stereocenters. The van der Waals surface area contributed by atoms with Crippen LogP contribution in [0.5, 0.6) is 0 Å². The van der Waals surface area contributed by atoms with E-state index in [-0.39, 0.29) is 0 Å². The summed E-state index contributed by atoms with van der Waals surface area (Å²) in [5.41, 5.74) is 0.974. The van der Waals surface area contributed by atoms with E-state index in [0.717, 1.165) is 5.56 Å². The third kappa shape index (κ3) is 2.76. The van der Waals surface area contributed by atoms with Crippen molar-refractivity contribution < 1.29 is 5.21 Å². The molecule has 12 heavy (non-hydrogen) atoms. The van der Waals surface area contributed by atoms with Crippen molar-refractivity contribution in [3.8, 4) is 0 Å². The van der Waals surface area contributed by atoms with Crippen LogP contribution in [0.3, 0.4) is 0 Å². The van der Waals surface area contributed by atoms with Crippen LogP contribution < -0.4 is 0 Å². The van der Waals surface area contributed by atoms with E-state index in [1.807, 2.05) is 18.2 Å². The van der Waals surface area contributed by atoms with Gasteiger partial charge in [-0.05, 0) is 23.8 Å². The molecule has 0 aliphatic heterocycles. The zero-order valence-corrected chi connectivity index (χ0v) is 7.07. The molecule has 2 nitrogen and oxygen atoms in total. The Balaban J connectivity index is 2.76. The normalized spacial score (nSPS) is 11.4. The Morgan fingerprint density at radius 1 is 1.42 bits per heavy atom. The molecule has 0 radical (unpaired) electrons. The third-order valence-electron chi connectivity index (χ3n) is 1.29. The van der Waals surface area contributed by atoms with Crippen molar-refractivity contribution in [2.75, 3.05) is 0 Å². The van der Waals surface area contributed by atoms with E-state index in [2.05, 4.69) is 5.16 Å². The zero-order valence-electron chi connectivity index (χ0n) is 6.31. The molecular formula is C9H8ClNO. The smallest absolute Gasteiger partial charge is 0.0661 e. The van der Waals surface area contributed by atoms with Crippen molar-refractivity contribution in [1.29, 1.82) is 0 Å². The molecule has 0 bridgehead atoms. The highest BCUT2D eigenvalue weighted by Crippen LogP contribution is 2.11. The van der Waals surface area contributed by atoms with Gasteiger partial charge in [0, 0.05) is 5.02 Å². The average Bonchev–Trinajstić information content (AvgIpc) is 2.05. The number of hydrogen-bond acceptors (Lipinski definition) is 2. The van der Waals surface area contributed by atoms with Crippen LogP contribution in [0.4, 0.5) is 0 Å². The van der Waals surface area contributed by atoms with Gasteiger partial charge in [-0.15, -0.1) is 0 Å². The van der Waals surface area contributed by atoms with Crippen LogP contribution in [0, 0.1) is 0 Å². The lowest BCUT2D eigenvalue weighted by atomic mass is 10.2. The van der Waals surface area contributed by atoms with Crippen LogP contribution in [0.1, 0.15) is 5.56 Å². The largest absolute Gasteiger partial charge is 0.411 e. The highest BCUT2D eigenvalue weighted by molar-refractivity contribution is 6.30. The van der Waals surface area contributed by atoms with Crippen LogP contribution in [0.15, 0.2) is 35.5 Å². The highest BCUT2D eigenvalue weighted by atomic mass is 35.5. The minimum absolute atomic E-state index is 0.693. The van der Waals surface area contributed by atoms with Crippen LogP contribution >= 0.6 is 11.6 Å². The van der Waals surface area contributed by atoms with Gasteiger partial charge in [-0.3, -0.25) is 0 Å². The highest BCUT2D eigenvalue weighted by Gasteiger charge is 1.86. The van der Waals surface area contributed by atoms with Crippen LogP contribution in [-0.2, 0) is 0 Å². The number of hydrogen-bond donors (Lipinski definition) is 1.